The second-order valence-electron chi connectivity index (χ2n) is 7.57. The molecule has 0 radical (unpaired) electrons. The van der Waals surface area contributed by atoms with Gasteiger partial charge in [-0.2, -0.15) is 0 Å². The van der Waals surface area contributed by atoms with Gasteiger partial charge in [0, 0.05) is 24.9 Å². The van der Waals surface area contributed by atoms with E-state index in [2.05, 4.69) is 5.32 Å². The molecule has 1 saturated carbocycles. The minimum atomic E-state index is -0.774. The number of nitrogens with zero attached hydrogens (tertiary/aromatic N) is 1. The molecule has 2 rings (SSSR count). The number of β-lactam (4-membered cyclic amide) rings is 1. The fourth-order valence-electron chi connectivity index (χ4n) is 3.72. The Morgan fingerprint density at radius 3 is 2.28 bits per heavy atom. The lowest BCUT2D eigenvalue weighted by Crippen LogP contribution is -2.68. The number of nitrogens with one attached hydrogen (secondary N) is 1. The summed E-state index contributed by atoms with van der Waals surface area (Å²) in [7, 11) is 0. The fourth-order valence-corrected chi connectivity index (χ4v) is 3.72. The second kappa shape index (κ2) is 7.41. The molecule has 1 saturated heterocycles. The van der Waals surface area contributed by atoms with Gasteiger partial charge in [-0.15, -0.1) is 0 Å². The van der Waals surface area contributed by atoms with Gasteiger partial charge < -0.3 is 21.7 Å². The molecule has 140 valence electrons. The van der Waals surface area contributed by atoms with E-state index >= 15 is 0 Å². The van der Waals surface area contributed by atoms with Crippen molar-refractivity contribution in [2.45, 2.75) is 64.5 Å². The molecule has 1 heterocycles. The minimum absolute atomic E-state index is 0.0215. The third-order valence-corrected chi connectivity index (χ3v) is 5.37. The van der Waals surface area contributed by atoms with Gasteiger partial charge in [0.25, 0.3) is 0 Å². The maximum Gasteiger partial charge on any atom is 0.240 e. The molecule has 1 unspecified atom stereocenters. The summed E-state index contributed by atoms with van der Waals surface area (Å²) in [6.07, 6.45) is 3.06. The molecule has 0 aromatic heterocycles. The third kappa shape index (κ3) is 4.11. The number of likely N-dealkylation sites (tertiary alicyclic amines) is 1. The molecule has 4 amide bonds. The van der Waals surface area contributed by atoms with Crippen LogP contribution in [0.5, 0.6) is 0 Å². The lowest BCUT2D eigenvalue weighted by atomic mass is 9.66. The average Bonchev–Trinajstić information content (AvgIpc) is 2.54. The molecular weight excluding hydrogens is 324 g/mol. The quantitative estimate of drug-likeness (QED) is 0.539. The normalized spacial score (nSPS) is 27.1. The molecule has 2 aliphatic rings. The molecule has 0 bridgehead atoms. The number of carbonyl (C=O) groups is 4. The summed E-state index contributed by atoms with van der Waals surface area (Å²) in [6.45, 7) is 4.18. The van der Waals surface area contributed by atoms with Crippen LogP contribution in [-0.2, 0) is 19.2 Å². The molecule has 1 atom stereocenters. The first-order valence-electron chi connectivity index (χ1n) is 8.85. The van der Waals surface area contributed by atoms with Gasteiger partial charge in [-0.1, -0.05) is 13.8 Å². The molecule has 2 fully saturated rings. The van der Waals surface area contributed by atoms with Crippen molar-refractivity contribution in [2.24, 2.45) is 22.8 Å². The molecule has 1 aliphatic heterocycles. The van der Waals surface area contributed by atoms with Crippen molar-refractivity contribution < 1.29 is 19.2 Å². The van der Waals surface area contributed by atoms with Crippen LogP contribution in [0.4, 0.5) is 0 Å². The van der Waals surface area contributed by atoms with Crippen molar-refractivity contribution in [1.82, 2.24) is 10.2 Å². The highest BCUT2D eigenvalue weighted by atomic mass is 16.2. The van der Waals surface area contributed by atoms with Crippen LogP contribution in [0.15, 0.2) is 0 Å². The van der Waals surface area contributed by atoms with Gasteiger partial charge in [-0.05, 0) is 32.1 Å². The topological polar surface area (TPSA) is 136 Å². The Kier molecular flexibility index (Phi) is 5.69. The summed E-state index contributed by atoms with van der Waals surface area (Å²) < 4.78 is 0. The molecule has 8 nitrogen and oxygen atoms in total. The van der Waals surface area contributed by atoms with Crippen LogP contribution in [0.25, 0.3) is 0 Å². The van der Waals surface area contributed by atoms with Crippen LogP contribution in [0.2, 0.25) is 0 Å². The van der Waals surface area contributed by atoms with Crippen molar-refractivity contribution in [3.63, 3.8) is 0 Å². The van der Waals surface area contributed by atoms with Crippen LogP contribution in [-0.4, -0.2) is 47.2 Å². The van der Waals surface area contributed by atoms with Gasteiger partial charge in [-0.3, -0.25) is 19.2 Å². The highest BCUT2D eigenvalue weighted by Crippen LogP contribution is 2.46. The Bertz CT molecular complexity index is 567. The van der Waals surface area contributed by atoms with Gasteiger partial charge in [0.2, 0.25) is 23.6 Å². The van der Waals surface area contributed by atoms with Gasteiger partial charge >= 0.3 is 0 Å². The largest absolute Gasteiger partial charge is 0.370 e. The monoisotopic (exact) mass is 352 g/mol. The van der Waals surface area contributed by atoms with Crippen molar-refractivity contribution >= 4 is 23.6 Å². The number of amides is 4. The summed E-state index contributed by atoms with van der Waals surface area (Å²) >= 11 is 0. The summed E-state index contributed by atoms with van der Waals surface area (Å²) in [5.41, 5.74) is 10.1. The second-order valence-corrected chi connectivity index (χ2v) is 7.57. The van der Waals surface area contributed by atoms with E-state index in [0.717, 1.165) is 12.8 Å². The van der Waals surface area contributed by atoms with Gasteiger partial charge in [0.05, 0.1) is 5.41 Å². The maximum absolute atomic E-state index is 12.7. The highest BCUT2D eigenvalue weighted by molar-refractivity contribution is 5.94. The van der Waals surface area contributed by atoms with Crippen molar-refractivity contribution in [3.8, 4) is 0 Å². The molecule has 1 aliphatic carbocycles. The third-order valence-electron chi connectivity index (χ3n) is 5.37. The predicted molar refractivity (Wildman–Crippen MR) is 90.8 cm³/mol. The van der Waals surface area contributed by atoms with E-state index in [1.54, 1.807) is 0 Å². The maximum atomic E-state index is 12.7. The molecular formula is C17H28N4O4. The summed E-state index contributed by atoms with van der Waals surface area (Å²) in [4.78, 5) is 48.5. The Hall–Kier alpha value is -2.12. The number of hydrogen-bond donors (Lipinski definition) is 3. The summed E-state index contributed by atoms with van der Waals surface area (Å²) in [5, 5.41) is 3.01. The highest BCUT2D eigenvalue weighted by Gasteiger charge is 2.55. The molecule has 0 aromatic carbocycles. The number of carbonyl (C=O) groups excluding carboxylic acids is 4. The lowest BCUT2D eigenvalue weighted by Gasteiger charge is -2.54. The Morgan fingerprint density at radius 1 is 1.24 bits per heavy atom. The van der Waals surface area contributed by atoms with E-state index in [0.29, 0.717) is 19.4 Å². The number of hydrogen-bond acceptors (Lipinski definition) is 4. The first-order chi connectivity index (χ1) is 11.7. The van der Waals surface area contributed by atoms with Crippen LogP contribution in [0, 0.1) is 11.3 Å². The van der Waals surface area contributed by atoms with E-state index in [-0.39, 0.29) is 36.6 Å². The number of rotatable bonds is 7. The molecule has 1 spiro atoms. The summed E-state index contributed by atoms with van der Waals surface area (Å²) in [6, 6.07) is -0.673. The first kappa shape index (κ1) is 19.2. The van der Waals surface area contributed by atoms with Crippen LogP contribution < -0.4 is 16.8 Å². The SMILES string of the molecule is CC(C)C(=O)NC1CCC2(CC1)CN(C(CCC(N)=O)C(N)=O)C2=O. The smallest absolute Gasteiger partial charge is 0.240 e. The van der Waals surface area contributed by atoms with Crippen molar-refractivity contribution in [2.75, 3.05) is 6.54 Å². The fraction of sp³-hybridized carbons (Fsp3) is 0.765. The zero-order chi connectivity index (χ0) is 18.8. The van der Waals surface area contributed by atoms with Crippen molar-refractivity contribution in [3.05, 3.63) is 0 Å². The van der Waals surface area contributed by atoms with Crippen molar-refractivity contribution in [1.29, 1.82) is 0 Å². The zero-order valence-electron chi connectivity index (χ0n) is 14.9. The van der Waals surface area contributed by atoms with Gasteiger partial charge in [0.1, 0.15) is 6.04 Å². The van der Waals surface area contributed by atoms with E-state index in [9.17, 15) is 19.2 Å². The predicted octanol–water partition coefficient (Wildman–Crippen LogP) is -0.351. The lowest BCUT2D eigenvalue weighted by molar-refractivity contribution is -0.171. The summed E-state index contributed by atoms with van der Waals surface area (Å²) in [5.74, 6) is -1.23. The van der Waals surface area contributed by atoms with Crippen LogP contribution in [0.3, 0.4) is 0 Å². The Balaban J connectivity index is 1.90. The average molecular weight is 352 g/mol. The van der Waals surface area contributed by atoms with Gasteiger partial charge in [0.15, 0.2) is 0 Å². The Morgan fingerprint density at radius 2 is 1.84 bits per heavy atom. The standard InChI is InChI=1S/C17H28N4O4/c1-10(2)15(24)20-11-5-7-17(8-6-11)9-21(16(17)25)12(14(19)23)3-4-13(18)22/h10-12H,3-9H2,1-2H3,(H2,18,22)(H2,19,23)(H,20,24). The first-order valence-corrected chi connectivity index (χ1v) is 8.85. The molecule has 0 aromatic rings. The number of primary amides is 2. The van der Waals surface area contributed by atoms with Crippen LogP contribution in [0.1, 0.15) is 52.4 Å². The molecule has 5 N–H and O–H groups in total. The minimum Gasteiger partial charge on any atom is -0.370 e. The Labute approximate surface area is 147 Å². The number of nitrogens with two attached hydrogens (primary N) is 2. The van der Waals surface area contributed by atoms with E-state index in [4.69, 9.17) is 11.5 Å². The van der Waals surface area contributed by atoms with E-state index < -0.39 is 23.3 Å². The van der Waals surface area contributed by atoms with Gasteiger partial charge in [-0.25, -0.2) is 0 Å². The van der Waals surface area contributed by atoms with Crippen LogP contribution >= 0.6 is 0 Å². The zero-order valence-corrected chi connectivity index (χ0v) is 14.9. The van der Waals surface area contributed by atoms with E-state index in [1.165, 1.54) is 4.90 Å². The molecule has 8 heteroatoms. The van der Waals surface area contributed by atoms with E-state index in [1.807, 2.05) is 13.8 Å². The molecule has 25 heavy (non-hydrogen) atoms.